The zero-order valence-electron chi connectivity index (χ0n) is 10.9. The average molecular weight is 251 g/mol. The zero-order chi connectivity index (χ0) is 12.8. The van der Waals surface area contributed by atoms with E-state index in [4.69, 9.17) is 0 Å². The summed E-state index contributed by atoms with van der Waals surface area (Å²) in [5.41, 5.74) is -0.612. The number of nitrogens with one attached hydrogen (secondary N) is 2. The summed E-state index contributed by atoms with van der Waals surface area (Å²) in [6, 6.07) is -0.304. The molecule has 3 fully saturated rings. The molecule has 3 rings (SSSR count). The molecule has 2 saturated heterocycles. The van der Waals surface area contributed by atoms with Crippen molar-refractivity contribution in [2.75, 3.05) is 19.6 Å². The molecule has 0 unspecified atom stereocenters. The predicted molar refractivity (Wildman–Crippen MR) is 67.0 cm³/mol. The quantitative estimate of drug-likeness (QED) is 0.675. The van der Waals surface area contributed by atoms with E-state index in [0.717, 1.165) is 32.5 Å². The summed E-state index contributed by atoms with van der Waals surface area (Å²) >= 11 is 0. The molecular weight excluding hydrogens is 230 g/mol. The molecule has 0 aromatic carbocycles. The Labute approximate surface area is 107 Å². The minimum atomic E-state index is -0.612. The maximum absolute atomic E-state index is 12.3. The summed E-state index contributed by atoms with van der Waals surface area (Å²) < 4.78 is 0. The van der Waals surface area contributed by atoms with Gasteiger partial charge >= 0.3 is 6.03 Å². The molecule has 5 nitrogen and oxygen atoms in total. The first-order valence-electron chi connectivity index (χ1n) is 7.02. The Morgan fingerprint density at radius 2 is 1.83 bits per heavy atom. The van der Waals surface area contributed by atoms with E-state index in [1.165, 1.54) is 12.8 Å². The van der Waals surface area contributed by atoms with Crippen molar-refractivity contribution in [3.05, 3.63) is 0 Å². The lowest BCUT2D eigenvalue weighted by atomic mass is 9.69. The normalized spacial score (nSPS) is 40.5. The Hall–Kier alpha value is -1.10. The van der Waals surface area contributed by atoms with Gasteiger partial charge in [0.25, 0.3) is 5.91 Å². The molecule has 2 atom stereocenters. The summed E-state index contributed by atoms with van der Waals surface area (Å²) in [5, 5.41) is 5.44. The number of hydrogen-bond donors (Lipinski definition) is 2. The number of imide groups is 1. The molecular formula is C13H21N3O2. The number of likely N-dealkylation sites (tertiary alicyclic amines) is 1. The summed E-state index contributed by atoms with van der Waals surface area (Å²) in [5.74, 6) is 0.454. The number of carbonyl (C=O) groups excluding carboxylic acids is 2. The largest absolute Gasteiger partial charge is 0.323 e. The van der Waals surface area contributed by atoms with Gasteiger partial charge in [-0.25, -0.2) is 4.79 Å². The van der Waals surface area contributed by atoms with Crippen molar-refractivity contribution in [3.63, 3.8) is 0 Å². The lowest BCUT2D eigenvalue weighted by molar-refractivity contribution is -0.131. The Balaban J connectivity index is 1.97. The summed E-state index contributed by atoms with van der Waals surface area (Å²) in [7, 11) is 0. The number of urea groups is 1. The van der Waals surface area contributed by atoms with E-state index in [1.54, 1.807) is 0 Å². The lowest BCUT2D eigenvalue weighted by Crippen LogP contribution is -2.66. The molecule has 2 aliphatic heterocycles. The van der Waals surface area contributed by atoms with Gasteiger partial charge in [-0.3, -0.25) is 10.1 Å². The molecule has 0 aromatic heterocycles. The Morgan fingerprint density at radius 3 is 2.28 bits per heavy atom. The minimum Gasteiger partial charge on any atom is -0.323 e. The summed E-state index contributed by atoms with van der Waals surface area (Å²) in [6.07, 6.45) is 4.43. The van der Waals surface area contributed by atoms with Crippen LogP contribution in [0.5, 0.6) is 0 Å². The van der Waals surface area contributed by atoms with Gasteiger partial charge in [-0.1, -0.05) is 19.8 Å². The molecule has 1 aliphatic carbocycles. The van der Waals surface area contributed by atoms with Crippen molar-refractivity contribution in [2.24, 2.45) is 11.8 Å². The van der Waals surface area contributed by atoms with Crippen LogP contribution in [0.2, 0.25) is 0 Å². The van der Waals surface area contributed by atoms with Gasteiger partial charge in [0.05, 0.1) is 0 Å². The molecule has 0 radical (unpaired) electrons. The fourth-order valence-corrected chi connectivity index (χ4v) is 4.05. The second kappa shape index (κ2) is 4.23. The molecule has 2 N–H and O–H groups in total. The first-order chi connectivity index (χ1) is 8.66. The molecule has 5 heteroatoms. The van der Waals surface area contributed by atoms with Crippen LogP contribution in [0.3, 0.4) is 0 Å². The van der Waals surface area contributed by atoms with Crippen LogP contribution >= 0.6 is 0 Å². The van der Waals surface area contributed by atoms with Gasteiger partial charge < -0.3 is 10.2 Å². The third-order valence-electron chi connectivity index (χ3n) is 4.97. The minimum absolute atomic E-state index is 0.0832. The zero-order valence-corrected chi connectivity index (χ0v) is 10.9. The van der Waals surface area contributed by atoms with Crippen molar-refractivity contribution >= 4 is 11.9 Å². The van der Waals surface area contributed by atoms with Crippen molar-refractivity contribution in [3.8, 4) is 0 Å². The third-order valence-corrected chi connectivity index (χ3v) is 4.97. The van der Waals surface area contributed by atoms with Gasteiger partial charge in [0.15, 0.2) is 0 Å². The van der Waals surface area contributed by atoms with Crippen LogP contribution < -0.4 is 10.6 Å². The smallest absolute Gasteiger partial charge is 0.322 e. The monoisotopic (exact) mass is 251 g/mol. The Kier molecular flexibility index (Phi) is 2.81. The number of amides is 3. The van der Waals surface area contributed by atoms with Crippen molar-refractivity contribution in [2.45, 2.75) is 38.1 Å². The van der Waals surface area contributed by atoms with Gasteiger partial charge in [0.1, 0.15) is 5.54 Å². The number of carbonyl (C=O) groups is 2. The molecule has 18 heavy (non-hydrogen) atoms. The second-order valence-electron chi connectivity index (χ2n) is 5.81. The van der Waals surface area contributed by atoms with E-state index >= 15 is 0 Å². The molecule has 100 valence electrons. The SMILES string of the molecule is CCN1C[C@H]2CCCC[C@H](C1)C21NC(=O)NC1=O. The third kappa shape index (κ3) is 1.56. The van der Waals surface area contributed by atoms with Crippen LogP contribution in [0.4, 0.5) is 4.79 Å². The first kappa shape index (κ1) is 12.0. The molecule has 1 spiro atoms. The van der Waals surface area contributed by atoms with Gasteiger partial charge in [-0.2, -0.15) is 0 Å². The molecule has 3 amide bonds. The van der Waals surface area contributed by atoms with E-state index < -0.39 is 5.54 Å². The second-order valence-corrected chi connectivity index (χ2v) is 5.81. The number of nitrogens with zero attached hydrogens (tertiary/aromatic N) is 1. The fourth-order valence-electron chi connectivity index (χ4n) is 4.05. The van der Waals surface area contributed by atoms with Gasteiger partial charge in [-0.15, -0.1) is 0 Å². The Morgan fingerprint density at radius 1 is 1.22 bits per heavy atom. The van der Waals surface area contributed by atoms with Crippen LogP contribution in [0.15, 0.2) is 0 Å². The van der Waals surface area contributed by atoms with Gasteiger partial charge in [0, 0.05) is 24.9 Å². The molecule has 2 bridgehead atoms. The summed E-state index contributed by atoms with van der Waals surface area (Å²) in [4.78, 5) is 26.3. The van der Waals surface area contributed by atoms with E-state index in [2.05, 4.69) is 22.5 Å². The van der Waals surface area contributed by atoms with E-state index in [-0.39, 0.29) is 23.8 Å². The predicted octanol–water partition coefficient (Wildman–Crippen LogP) is 0.707. The molecule has 2 heterocycles. The average Bonchev–Trinajstić information content (AvgIpc) is 2.60. The molecule has 0 aromatic rings. The van der Waals surface area contributed by atoms with Gasteiger partial charge in [0.2, 0.25) is 0 Å². The Bertz CT molecular complexity index is 366. The van der Waals surface area contributed by atoms with Crippen LogP contribution in [0.25, 0.3) is 0 Å². The summed E-state index contributed by atoms with van der Waals surface area (Å²) in [6.45, 7) is 5.05. The maximum Gasteiger partial charge on any atom is 0.322 e. The van der Waals surface area contributed by atoms with E-state index in [9.17, 15) is 9.59 Å². The lowest BCUT2D eigenvalue weighted by Gasteiger charge is -2.47. The van der Waals surface area contributed by atoms with Crippen molar-refractivity contribution in [1.29, 1.82) is 0 Å². The van der Waals surface area contributed by atoms with Crippen molar-refractivity contribution in [1.82, 2.24) is 15.5 Å². The van der Waals surface area contributed by atoms with Crippen LogP contribution in [-0.2, 0) is 4.79 Å². The standard InChI is InChI=1S/C13H21N3O2/c1-2-16-7-9-5-3-4-6-10(8-16)13(9)11(17)14-12(18)15-13/h9-10H,2-8H2,1H3,(H2,14,15,17,18)/t9-,10-/m1/s1. The first-order valence-corrected chi connectivity index (χ1v) is 7.02. The van der Waals surface area contributed by atoms with Gasteiger partial charge in [-0.05, 0) is 19.4 Å². The number of rotatable bonds is 1. The fraction of sp³-hybridized carbons (Fsp3) is 0.846. The highest BCUT2D eigenvalue weighted by Crippen LogP contribution is 2.42. The number of hydrogen-bond acceptors (Lipinski definition) is 3. The van der Waals surface area contributed by atoms with Crippen molar-refractivity contribution < 1.29 is 9.59 Å². The van der Waals surface area contributed by atoms with Crippen LogP contribution in [-0.4, -0.2) is 42.0 Å². The van der Waals surface area contributed by atoms with Crippen LogP contribution in [0, 0.1) is 11.8 Å². The van der Waals surface area contributed by atoms with E-state index in [0.29, 0.717) is 0 Å². The van der Waals surface area contributed by atoms with Crippen LogP contribution in [0.1, 0.15) is 32.6 Å². The molecule has 3 aliphatic rings. The maximum atomic E-state index is 12.3. The highest BCUT2D eigenvalue weighted by Gasteiger charge is 2.59. The number of piperidine rings is 1. The topological polar surface area (TPSA) is 61.4 Å². The highest BCUT2D eigenvalue weighted by molar-refractivity contribution is 6.07. The van der Waals surface area contributed by atoms with E-state index in [1.807, 2.05) is 0 Å². The highest BCUT2D eigenvalue weighted by atomic mass is 16.2. The molecule has 1 saturated carbocycles.